The lowest BCUT2D eigenvalue weighted by Crippen LogP contribution is -2.26. The number of aromatic nitrogens is 3. The Balaban J connectivity index is 1.58. The van der Waals surface area contributed by atoms with E-state index in [0.29, 0.717) is 16.7 Å². The van der Waals surface area contributed by atoms with E-state index in [1.807, 2.05) is 39.1 Å². The summed E-state index contributed by atoms with van der Waals surface area (Å²) in [5.74, 6) is 1.10. The summed E-state index contributed by atoms with van der Waals surface area (Å²) in [6.07, 6.45) is 1.62. The average molecular weight is 377 g/mol. The second-order valence-electron chi connectivity index (χ2n) is 6.27. The van der Waals surface area contributed by atoms with E-state index in [9.17, 15) is 4.79 Å². The Labute approximate surface area is 156 Å². The maximum atomic E-state index is 12.4. The lowest BCUT2D eigenvalue weighted by Gasteiger charge is -2.07. The number of fused-ring (bicyclic) bond motifs is 1. The minimum Gasteiger partial charge on any atom is -0.351 e. The van der Waals surface area contributed by atoms with Crippen LogP contribution in [0, 0.1) is 0 Å². The van der Waals surface area contributed by atoms with Gasteiger partial charge in [-0.2, -0.15) is 0 Å². The van der Waals surface area contributed by atoms with E-state index in [-0.39, 0.29) is 11.8 Å². The molecule has 1 aromatic carbocycles. The molecule has 2 aromatic heterocycles. The molecule has 1 amide bonds. The number of nitrogens with zero attached hydrogens (tertiary/aromatic N) is 3. The van der Waals surface area contributed by atoms with Crippen LogP contribution in [-0.4, -0.2) is 27.0 Å². The number of carbonyl (C=O) groups is 1. The molecule has 3 aromatic rings. The fourth-order valence-corrected chi connectivity index (χ4v) is 3.93. The molecule has 7 heteroatoms. The first kappa shape index (κ1) is 17.9. The smallest absolute Gasteiger partial charge is 0.271 e. The van der Waals surface area contributed by atoms with Crippen LogP contribution in [0.25, 0.3) is 11.0 Å². The van der Waals surface area contributed by atoms with Crippen molar-refractivity contribution >= 4 is 39.9 Å². The summed E-state index contributed by atoms with van der Waals surface area (Å²) in [5.41, 5.74) is 2.58. The first-order valence-corrected chi connectivity index (χ1v) is 9.51. The Morgan fingerprint density at radius 2 is 2.08 bits per heavy atom. The number of aryl methyl sites for hydroxylation is 2. The summed E-state index contributed by atoms with van der Waals surface area (Å²) in [6, 6.07) is 8.08. The van der Waals surface area contributed by atoms with Crippen LogP contribution in [0.2, 0.25) is 4.47 Å². The summed E-state index contributed by atoms with van der Waals surface area (Å²) in [4.78, 5) is 22.1. The van der Waals surface area contributed by atoms with Gasteiger partial charge >= 0.3 is 0 Å². The minimum absolute atomic E-state index is 0.156. The molecule has 0 atom stereocenters. The molecule has 0 saturated heterocycles. The standard InChI is InChI=1S/C18H21ClN4OS/c1-11(2)16-15(22-18(19)25-16)17(24)20-10-6-9-14-21-12-7-4-5-8-13(12)23(14)3/h4-5,7-8,11H,6,9-10H2,1-3H3,(H,20,24). The van der Waals surface area contributed by atoms with Gasteiger partial charge in [-0.05, 0) is 24.5 Å². The van der Waals surface area contributed by atoms with E-state index in [2.05, 4.69) is 25.9 Å². The third kappa shape index (κ3) is 3.85. The highest BCUT2D eigenvalue weighted by Crippen LogP contribution is 2.29. The Hall–Kier alpha value is -1.92. The molecule has 0 saturated carbocycles. The van der Waals surface area contributed by atoms with Gasteiger partial charge in [0.15, 0.2) is 4.47 Å². The molecule has 0 aliphatic rings. The second kappa shape index (κ2) is 7.54. The highest BCUT2D eigenvalue weighted by atomic mass is 35.5. The predicted octanol–water partition coefficient (Wildman–Crippen LogP) is 4.17. The SMILES string of the molecule is CC(C)c1sc(Cl)nc1C(=O)NCCCc1nc2ccccc2n1C. The van der Waals surface area contributed by atoms with Gasteiger partial charge in [0.1, 0.15) is 11.5 Å². The number of hydrogen-bond donors (Lipinski definition) is 1. The Kier molecular flexibility index (Phi) is 5.39. The average Bonchev–Trinajstić information content (AvgIpc) is 3.13. The number of halogens is 1. The van der Waals surface area contributed by atoms with Crippen molar-refractivity contribution in [3.63, 3.8) is 0 Å². The zero-order chi connectivity index (χ0) is 18.0. The van der Waals surface area contributed by atoms with Crippen molar-refractivity contribution in [1.82, 2.24) is 19.9 Å². The molecule has 0 aliphatic carbocycles. The maximum Gasteiger partial charge on any atom is 0.271 e. The van der Waals surface area contributed by atoms with Gasteiger partial charge in [-0.15, -0.1) is 11.3 Å². The third-order valence-corrected chi connectivity index (χ3v) is 5.57. The molecule has 0 fully saturated rings. The number of benzene rings is 1. The molecule has 2 heterocycles. The molecule has 1 N–H and O–H groups in total. The highest BCUT2D eigenvalue weighted by Gasteiger charge is 2.19. The topological polar surface area (TPSA) is 59.8 Å². The number of carbonyl (C=O) groups excluding carboxylic acids is 1. The van der Waals surface area contributed by atoms with Crippen molar-refractivity contribution in [2.24, 2.45) is 7.05 Å². The van der Waals surface area contributed by atoms with Gasteiger partial charge in [0.25, 0.3) is 5.91 Å². The van der Waals surface area contributed by atoms with Gasteiger partial charge in [0, 0.05) is 24.9 Å². The van der Waals surface area contributed by atoms with E-state index in [4.69, 9.17) is 11.6 Å². The van der Waals surface area contributed by atoms with Crippen LogP contribution in [0.1, 0.15) is 47.4 Å². The molecule has 5 nitrogen and oxygen atoms in total. The predicted molar refractivity (Wildman–Crippen MR) is 103 cm³/mol. The number of rotatable bonds is 6. The number of nitrogens with one attached hydrogen (secondary N) is 1. The number of imidazole rings is 1. The molecule has 0 aliphatic heterocycles. The number of para-hydroxylation sites is 2. The minimum atomic E-state index is -0.156. The molecular formula is C18H21ClN4OS. The Bertz CT molecular complexity index is 900. The van der Waals surface area contributed by atoms with Gasteiger partial charge in [-0.25, -0.2) is 9.97 Å². The molecule has 132 valence electrons. The number of hydrogen-bond acceptors (Lipinski definition) is 4. The van der Waals surface area contributed by atoms with Crippen molar-refractivity contribution < 1.29 is 4.79 Å². The van der Waals surface area contributed by atoms with Crippen LogP contribution < -0.4 is 5.32 Å². The van der Waals surface area contributed by atoms with Crippen molar-refractivity contribution in [1.29, 1.82) is 0 Å². The summed E-state index contributed by atoms with van der Waals surface area (Å²) >= 11 is 7.34. The van der Waals surface area contributed by atoms with Crippen molar-refractivity contribution in [3.05, 3.63) is 45.1 Å². The lowest BCUT2D eigenvalue weighted by molar-refractivity contribution is 0.0947. The van der Waals surface area contributed by atoms with Gasteiger partial charge in [0.05, 0.1) is 11.0 Å². The van der Waals surface area contributed by atoms with E-state index >= 15 is 0 Å². The molecule has 3 rings (SSSR count). The molecule has 25 heavy (non-hydrogen) atoms. The molecule has 0 bridgehead atoms. The van der Waals surface area contributed by atoms with Crippen LogP contribution >= 0.6 is 22.9 Å². The van der Waals surface area contributed by atoms with Crippen molar-refractivity contribution in [3.8, 4) is 0 Å². The van der Waals surface area contributed by atoms with Gasteiger partial charge in [0.2, 0.25) is 0 Å². The van der Waals surface area contributed by atoms with Crippen LogP contribution in [0.3, 0.4) is 0 Å². The summed E-state index contributed by atoms with van der Waals surface area (Å²) in [6.45, 7) is 4.65. The van der Waals surface area contributed by atoms with Crippen LogP contribution in [0.15, 0.2) is 24.3 Å². The van der Waals surface area contributed by atoms with Gasteiger partial charge in [-0.1, -0.05) is 37.6 Å². The Morgan fingerprint density at radius 3 is 2.80 bits per heavy atom. The summed E-state index contributed by atoms with van der Waals surface area (Å²) < 4.78 is 2.52. The molecular weight excluding hydrogens is 356 g/mol. The third-order valence-electron chi connectivity index (χ3n) is 4.11. The first-order chi connectivity index (χ1) is 12.0. The molecule has 0 unspecified atom stereocenters. The monoisotopic (exact) mass is 376 g/mol. The maximum absolute atomic E-state index is 12.4. The normalized spacial score (nSPS) is 11.4. The zero-order valence-electron chi connectivity index (χ0n) is 14.5. The van der Waals surface area contributed by atoms with E-state index < -0.39 is 0 Å². The van der Waals surface area contributed by atoms with Crippen molar-refractivity contribution in [2.75, 3.05) is 6.54 Å². The zero-order valence-corrected chi connectivity index (χ0v) is 16.1. The van der Waals surface area contributed by atoms with E-state index in [0.717, 1.165) is 34.6 Å². The van der Waals surface area contributed by atoms with Crippen LogP contribution in [-0.2, 0) is 13.5 Å². The first-order valence-electron chi connectivity index (χ1n) is 8.32. The summed E-state index contributed by atoms with van der Waals surface area (Å²) in [7, 11) is 2.02. The van der Waals surface area contributed by atoms with Crippen LogP contribution in [0.5, 0.6) is 0 Å². The number of thiazole rings is 1. The van der Waals surface area contributed by atoms with Gasteiger partial charge in [-0.3, -0.25) is 4.79 Å². The molecule has 0 radical (unpaired) electrons. The van der Waals surface area contributed by atoms with Gasteiger partial charge < -0.3 is 9.88 Å². The largest absolute Gasteiger partial charge is 0.351 e. The molecule has 0 spiro atoms. The Morgan fingerprint density at radius 1 is 1.32 bits per heavy atom. The highest BCUT2D eigenvalue weighted by molar-refractivity contribution is 7.16. The quantitative estimate of drug-likeness (QED) is 0.657. The van der Waals surface area contributed by atoms with Crippen molar-refractivity contribution in [2.45, 2.75) is 32.6 Å². The van der Waals surface area contributed by atoms with Crippen LogP contribution in [0.4, 0.5) is 0 Å². The fourth-order valence-electron chi connectivity index (χ4n) is 2.81. The van der Waals surface area contributed by atoms with E-state index in [1.165, 1.54) is 11.3 Å². The lowest BCUT2D eigenvalue weighted by atomic mass is 10.1. The fraction of sp³-hybridized carbons (Fsp3) is 0.389. The number of amides is 1. The van der Waals surface area contributed by atoms with E-state index in [1.54, 1.807) is 0 Å². The summed E-state index contributed by atoms with van der Waals surface area (Å²) in [5, 5.41) is 2.94. The second-order valence-corrected chi connectivity index (χ2v) is 7.88.